The number of benzene rings is 1. The van der Waals surface area contributed by atoms with E-state index in [0.29, 0.717) is 12.5 Å². The standard InChI is InChI=1S/C15H22N4O/c1-11(20)9-19-15(16-2)17-8-7-12-10-18-14-6-4-3-5-13(12)14/h3-6,10-11,18,20H,7-9H2,1-2H3,(H2,16,17,19)/t11-/m1/s1. The number of aromatic amines is 1. The highest BCUT2D eigenvalue weighted by Gasteiger charge is 2.04. The summed E-state index contributed by atoms with van der Waals surface area (Å²) in [6.07, 6.45) is 2.58. The predicted octanol–water partition coefficient (Wildman–Crippen LogP) is 1.26. The number of hydrogen-bond acceptors (Lipinski definition) is 2. The lowest BCUT2D eigenvalue weighted by molar-refractivity contribution is 0.197. The summed E-state index contributed by atoms with van der Waals surface area (Å²) in [5.41, 5.74) is 2.46. The monoisotopic (exact) mass is 274 g/mol. The van der Waals surface area contributed by atoms with E-state index >= 15 is 0 Å². The van der Waals surface area contributed by atoms with E-state index in [9.17, 15) is 5.11 Å². The minimum Gasteiger partial charge on any atom is -0.392 e. The lowest BCUT2D eigenvalue weighted by atomic mass is 10.1. The first-order valence-corrected chi connectivity index (χ1v) is 6.88. The molecule has 4 N–H and O–H groups in total. The molecule has 0 saturated heterocycles. The Labute approximate surface area is 119 Å². The van der Waals surface area contributed by atoms with Crippen molar-refractivity contribution in [1.82, 2.24) is 15.6 Å². The highest BCUT2D eigenvalue weighted by molar-refractivity contribution is 5.83. The zero-order valence-electron chi connectivity index (χ0n) is 12.0. The van der Waals surface area contributed by atoms with Crippen molar-refractivity contribution in [1.29, 1.82) is 0 Å². The minimum absolute atomic E-state index is 0.387. The van der Waals surface area contributed by atoms with Crippen molar-refractivity contribution in [2.45, 2.75) is 19.4 Å². The zero-order chi connectivity index (χ0) is 14.4. The summed E-state index contributed by atoms with van der Waals surface area (Å²) in [5, 5.41) is 16.8. The summed E-state index contributed by atoms with van der Waals surface area (Å²) in [4.78, 5) is 7.39. The summed E-state index contributed by atoms with van der Waals surface area (Å²) in [6, 6.07) is 8.29. The van der Waals surface area contributed by atoms with E-state index in [-0.39, 0.29) is 6.10 Å². The van der Waals surface area contributed by atoms with Crippen molar-refractivity contribution < 1.29 is 5.11 Å². The van der Waals surface area contributed by atoms with Crippen molar-refractivity contribution in [2.24, 2.45) is 4.99 Å². The highest BCUT2D eigenvalue weighted by Crippen LogP contribution is 2.17. The smallest absolute Gasteiger partial charge is 0.191 e. The lowest BCUT2D eigenvalue weighted by Gasteiger charge is -2.12. The van der Waals surface area contributed by atoms with Gasteiger partial charge in [-0.3, -0.25) is 4.99 Å². The minimum atomic E-state index is -0.387. The molecule has 1 heterocycles. The summed E-state index contributed by atoms with van der Waals surface area (Å²) in [7, 11) is 1.73. The second-order valence-electron chi connectivity index (χ2n) is 4.84. The number of fused-ring (bicyclic) bond motifs is 1. The quantitative estimate of drug-likeness (QED) is 0.490. The molecule has 0 aliphatic rings. The molecular weight excluding hydrogens is 252 g/mol. The number of nitrogens with zero attached hydrogens (tertiary/aromatic N) is 1. The Morgan fingerprint density at radius 2 is 2.15 bits per heavy atom. The molecule has 1 aromatic heterocycles. The molecule has 0 amide bonds. The van der Waals surface area contributed by atoms with E-state index in [0.717, 1.165) is 13.0 Å². The molecule has 5 heteroatoms. The van der Waals surface area contributed by atoms with E-state index in [1.807, 2.05) is 6.07 Å². The average molecular weight is 274 g/mol. The number of aliphatic imine (C=N–C) groups is 1. The molecule has 0 saturated carbocycles. The van der Waals surface area contributed by atoms with Crippen molar-refractivity contribution in [3.8, 4) is 0 Å². The van der Waals surface area contributed by atoms with Crippen LogP contribution < -0.4 is 10.6 Å². The molecule has 0 bridgehead atoms. The topological polar surface area (TPSA) is 72.4 Å². The van der Waals surface area contributed by atoms with Crippen LogP contribution in [0.4, 0.5) is 0 Å². The van der Waals surface area contributed by atoms with Gasteiger partial charge in [-0.15, -0.1) is 0 Å². The van der Waals surface area contributed by atoms with Gasteiger partial charge in [0.05, 0.1) is 6.10 Å². The van der Waals surface area contributed by atoms with Crippen LogP contribution in [-0.2, 0) is 6.42 Å². The summed E-state index contributed by atoms with van der Waals surface area (Å²) in [6.45, 7) is 3.03. The molecule has 20 heavy (non-hydrogen) atoms. The number of aromatic nitrogens is 1. The number of hydrogen-bond donors (Lipinski definition) is 4. The fraction of sp³-hybridized carbons (Fsp3) is 0.400. The van der Waals surface area contributed by atoms with Crippen LogP contribution in [0.15, 0.2) is 35.5 Å². The van der Waals surface area contributed by atoms with Crippen LogP contribution in [0.1, 0.15) is 12.5 Å². The van der Waals surface area contributed by atoms with Crippen molar-refractivity contribution in [3.05, 3.63) is 36.0 Å². The first-order chi connectivity index (χ1) is 9.70. The number of para-hydroxylation sites is 1. The van der Waals surface area contributed by atoms with Crippen LogP contribution in [0.2, 0.25) is 0 Å². The Bertz CT molecular complexity index is 574. The van der Waals surface area contributed by atoms with Crippen LogP contribution in [-0.4, -0.2) is 42.3 Å². The Morgan fingerprint density at radius 1 is 1.35 bits per heavy atom. The molecule has 5 nitrogen and oxygen atoms in total. The van der Waals surface area contributed by atoms with Crippen LogP contribution in [0.25, 0.3) is 10.9 Å². The predicted molar refractivity (Wildman–Crippen MR) is 83.0 cm³/mol. The molecule has 0 unspecified atom stereocenters. The Kier molecular flexibility index (Phi) is 5.01. The number of rotatable bonds is 5. The Morgan fingerprint density at radius 3 is 2.90 bits per heavy atom. The van der Waals surface area contributed by atoms with Gasteiger partial charge < -0.3 is 20.7 Å². The maximum absolute atomic E-state index is 9.24. The van der Waals surface area contributed by atoms with Crippen LogP contribution in [0.5, 0.6) is 0 Å². The molecule has 0 aliphatic carbocycles. The second-order valence-corrected chi connectivity index (χ2v) is 4.84. The van der Waals surface area contributed by atoms with Gasteiger partial charge in [0.15, 0.2) is 5.96 Å². The fourth-order valence-electron chi connectivity index (χ4n) is 2.12. The molecule has 1 atom stereocenters. The molecular formula is C15H22N4O. The molecule has 0 spiro atoms. The number of guanidine groups is 1. The summed E-state index contributed by atoms with van der Waals surface area (Å²) >= 11 is 0. The fourth-order valence-corrected chi connectivity index (χ4v) is 2.12. The molecule has 0 aliphatic heterocycles. The van der Waals surface area contributed by atoms with Gasteiger partial charge in [0.25, 0.3) is 0 Å². The third kappa shape index (κ3) is 3.74. The van der Waals surface area contributed by atoms with Gasteiger partial charge in [-0.25, -0.2) is 0 Å². The molecule has 0 fully saturated rings. The van der Waals surface area contributed by atoms with Crippen molar-refractivity contribution in [3.63, 3.8) is 0 Å². The van der Waals surface area contributed by atoms with Crippen molar-refractivity contribution in [2.75, 3.05) is 20.1 Å². The SMILES string of the molecule is CN=C(NCCc1c[nH]c2ccccc12)NC[C@@H](C)O. The number of aliphatic hydroxyl groups excluding tert-OH is 1. The van der Waals surface area contributed by atoms with E-state index in [1.54, 1.807) is 14.0 Å². The highest BCUT2D eigenvalue weighted by atomic mass is 16.3. The van der Waals surface area contributed by atoms with E-state index in [1.165, 1.54) is 16.5 Å². The molecule has 0 radical (unpaired) electrons. The van der Waals surface area contributed by atoms with Gasteiger partial charge in [0, 0.05) is 37.2 Å². The van der Waals surface area contributed by atoms with Gasteiger partial charge in [-0.1, -0.05) is 18.2 Å². The van der Waals surface area contributed by atoms with Crippen molar-refractivity contribution >= 4 is 16.9 Å². The lowest BCUT2D eigenvalue weighted by Crippen LogP contribution is -2.41. The number of H-pyrrole nitrogens is 1. The first-order valence-electron chi connectivity index (χ1n) is 6.88. The molecule has 108 valence electrons. The average Bonchev–Trinajstić information content (AvgIpc) is 2.86. The molecule has 1 aromatic carbocycles. The normalized spacial score (nSPS) is 13.4. The van der Waals surface area contributed by atoms with Gasteiger partial charge in [0.1, 0.15) is 0 Å². The number of nitrogens with one attached hydrogen (secondary N) is 3. The van der Waals surface area contributed by atoms with E-state index in [4.69, 9.17) is 0 Å². The van der Waals surface area contributed by atoms with E-state index in [2.05, 4.69) is 45.0 Å². The van der Waals surface area contributed by atoms with Crippen LogP contribution >= 0.6 is 0 Å². The van der Waals surface area contributed by atoms with Crippen LogP contribution in [0, 0.1) is 0 Å². The maximum atomic E-state index is 9.24. The summed E-state index contributed by atoms with van der Waals surface area (Å²) in [5.74, 6) is 0.714. The van der Waals surface area contributed by atoms with Gasteiger partial charge in [-0.2, -0.15) is 0 Å². The van der Waals surface area contributed by atoms with Gasteiger partial charge in [-0.05, 0) is 25.0 Å². The third-order valence-electron chi connectivity index (χ3n) is 3.15. The number of aliphatic hydroxyl groups is 1. The van der Waals surface area contributed by atoms with E-state index < -0.39 is 0 Å². The maximum Gasteiger partial charge on any atom is 0.191 e. The largest absolute Gasteiger partial charge is 0.392 e. The zero-order valence-corrected chi connectivity index (χ0v) is 12.0. The van der Waals surface area contributed by atoms with Gasteiger partial charge >= 0.3 is 0 Å². The summed E-state index contributed by atoms with van der Waals surface area (Å²) < 4.78 is 0. The molecule has 2 aromatic rings. The Hall–Kier alpha value is -2.01. The first kappa shape index (κ1) is 14.4. The van der Waals surface area contributed by atoms with Gasteiger partial charge in [0.2, 0.25) is 0 Å². The van der Waals surface area contributed by atoms with Crippen LogP contribution in [0.3, 0.4) is 0 Å². The Balaban J connectivity index is 1.86. The molecule has 2 rings (SSSR count). The third-order valence-corrected chi connectivity index (χ3v) is 3.15. The second kappa shape index (κ2) is 6.96.